The van der Waals surface area contributed by atoms with Crippen molar-refractivity contribution in [2.75, 3.05) is 11.4 Å². The first kappa shape index (κ1) is 20.8. The zero-order valence-electron chi connectivity index (χ0n) is 18.1. The highest BCUT2D eigenvalue weighted by atomic mass is 79.9. The molecule has 0 bridgehead atoms. The summed E-state index contributed by atoms with van der Waals surface area (Å²) in [7, 11) is 0. The molecule has 1 aliphatic carbocycles. The first-order valence-electron chi connectivity index (χ1n) is 11.7. The number of benzene rings is 2. The normalized spacial score (nSPS) is 25.9. The van der Waals surface area contributed by atoms with E-state index in [0.717, 1.165) is 30.3 Å². The number of hydrogen-bond acceptors (Lipinski definition) is 2. The summed E-state index contributed by atoms with van der Waals surface area (Å²) in [5, 5.41) is 9.85. The van der Waals surface area contributed by atoms with Gasteiger partial charge in [0.15, 0.2) is 0 Å². The van der Waals surface area contributed by atoms with Crippen molar-refractivity contribution in [2.24, 2.45) is 5.92 Å². The molecule has 4 atom stereocenters. The Balaban J connectivity index is 1.64. The van der Waals surface area contributed by atoms with Gasteiger partial charge in [0.1, 0.15) is 0 Å². The third-order valence-corrected chi connectivity index (χ3v) is 8.07. The maximum absolute atomic E-state index is 12.0. The molecule has 31 heavy (non-hydrogen) atoms. The molecule has 0 amide bonds. The summed E-state index contributed by atoms with van der Waals surface area (Å²) in [6, 6.07) is 13.1. The van der Waals surface area contributed by atoms with Crippen molar-refractivity contribution in [3.05, 3.63) is 75.3 Å². The van der Waals surface area contributed by atoms with Crippen molar-refractivity contribution in [3.8, 4) is 0 Å². The van der Waals surface area contributed by atoms with E-state index in [1.54, 1.807) is 0 Å². The second-order valence-electron chi connectivity index (χ2n) is 9.33. The van der Waals surface area contributed by atoms with Crippen molar-refractivity contribution in [1.82, 2.24) is 0 Å². The van der Waals surface area contributed by atoms with Crippen LogP contribution in [-0.2, 0) is 0 Å². The molecule has 162 valence electrons. The van der Waals surface area contributed by atoms with Gasteiger partial charge in [-0.25, -0.2) is 4.79 Å². The Labute approximate surface area is 193 Å². The number of nitrogens with zero attached hydrogens (tertiary/aromatic N) is 1. The average Bonchev–Trinajstić information content (AvgIpc) is 3.26. The number of aromatic carboxylic acids is 1. The number of unbranched alkanes of at least 4 members (excludes halogenated alkanes) is 2. The second-order valence-corrected chi connectivity index (χ2v) is 10.2. The monoisotopic (exact) mass is 479 g/mol. The minimum Gasteiger partial charge on any atom is -0.478 e. The predicted octanol–water partition coefficient (Wildman–Crippen LogP) is 7.44. The quantitative estimate of drug-likeness (QED) is 0.345. The fourth-order valence-electron chi connectivity index (χ4n) is 6.13. The molecule has 0 aromatic heterocycles. The summed E-state index contributed by atoms with van der Waals surface area (Å²) >= 11 is 3.58. The predicted molar refractivity (Wildman–Crippen MR) is 129 cm³/mol. The molecule has 2 heterocycles. The number of rotatable bonds is 6. The number of carboxylic acids is 1. The zero-order valence-corrected chi connectivity index (χ0v) is 19.6. The van der Waals surface area contributed by atoms with E-state index in [1.165, 1.54) is 41.6 Å². The largest absolute Gasteiger partial charge is 0.478 e. The van der Waals surface area contributed by atoms with E-state index in [0.29, 0.717) is 29.4 Å². The summed E-state index contributed by atoms with van der Waals surface area (Å²) in [5.41, 5.74) is 5.67. The Kier molecular flexibility index (Phi) is 5.68. The van der Waals surface area contributed by atoms with E-state index in [1.807, 2.05) is 12.1 Å². The van der Waals surface area contributed by atoms with Crippen LogP contribution in [0.4, 0.5) is 5.69 Å². The van der Waals surface area contributed by atoms with Gasteiger partial charge in [-0.05, 0) is 72.1 Å². The molecule has 0 fully saturated rings. The number of hydrogen-bond donors (Lipinski definition) is 1. The van der Waals surface area contributed by atoms with Crippen LogP contribution < -0.4 is 4.90 Å². The molecule has 0 radical (unpaired) electrons. The van der Waals surface area contributed by atoms with Crippen LogP contribution in [0.15, 0.2) is 53.0 Å². The van der Waals surface area contributed by atoms with Crippen LogP contribution >= 0.6 is 15.9 Å². The van der Waals surface area contributed by atoms with Crippen molar-refractivity contribution in [1.29, 1.82) is 0 Å². The number of carbonyl (C=O) groups is 1. The van der Waals surface area contributed by atoms with Gasteiger partial charge in [0.05, 0.1) is 11.6 Å². The fourth-order valence-corrected chi connectivity index (χ4v) is 6.40. The Bertz CT molecular complexity index is 1010. The smallest absolute Gasteiger partial charge is 0.335 e. The number of fused-ring (bicyclic) bond motifs is 2. The van der Waals surface area contributed by atoms with Crippen LogP contribution in [0.3, 0.4) is 0 Å². The second kappa shape index (κ2) is 8.46. The number of allylic oxidation sites excluding steroid dienone is 2. The third-order valence-electron chi connectivity index (χ3n) is 7.54. The first-order valence-corrected chi connectivity index (χ1v) is 12.5. The van der Waals surface area contributed by atoms with Gasteiger partial charge in [0, 0.05) is 22.6 Å². The Hall–Kier alpha value is -2.07. The van der Waals surface area contributed by atoms with Gasteiger partial charge >= 0.3 is 5.97 Å². The molecule has 3 aliphatic rings. The van der Waals surface area contributed by atoms with Crippen molar-refractivity contribution in [2.45, 2.75) is 63.3 Å². The maximum atomic E-state index is 12.0. The summed E-state index contributed by atoms with van der Waals surface area (Å²) in [5.74, 6) is 0.412. The van der Waals surface area contributed by atoms with Crippen LogP contribution in [0.2, 0.25) is 0 Å². The molecular formula is C27H30BrNO2. The zero-order chi connectivity index (χ0) is 21.5. The molecule has 0 saturated carbocycles. The molecule has 3 nitrogen and oxygen atoms in total. The number of carboxylic acid groups (broad SMARTS) is 1. The lowest BCUT2D eigenvalue weighted by Crippen LogP contribution is -2.43. The van der Waals surface area contributed by atoms with Crippen LogP contribution in [0.1, 0.15) is 90.4 Å². The van der Waals surface area contributed by atoms with Crippen LogP contribution in [0, 0.1) is 5.92 Å². The van der Waals surface area contributed by atoms with E-state index in [2.05, 4.69) is 64.2 Å². The molecule has 0 saturated heterocycles. The molecule has 5 rings (SSSR count). The SMILES string of the molecule is CCCCC[C@@H]1CCN2c3c1cc(C(=O)O)cc3[C@@H]1C=CC[C@@H]1[C@H]2c1ccc(Br)cc1. The highest BCUT2D eigenvalue weighted by Gasteiger charge is 2.45. The summed E-state index contributed by atoms with van der Waals surface area (Å²) < 4.78 is 1.11. The van der Waals surface area contributed by atoms with E-state index < -0.39 is 5.97 Å². The lowest BCUT2D eigenvalue weighted by atomic mass is 9.71. The van der Waals surface area contributed by atoms with Gasteiger partial charge in [0.2, 0.25) is 0 Å². The van der Waals surface area contributed by atoms with E-state index in [9.17, 15) is 9.90 Å². The molecule has 0 spiro atoms. The minimum absolute atomic E-state index is 0.298. The van der Waals surface area contributed by atoms with Crippen molar-refractivity contribution < 1.29 is 9.90 Å². The van der Waals surface area contributed by atoms with Crippen molar-refractivity contribution in [3.63, 3.8) is 0 Å². The molecular weight excluding hydrogens is 450 g/mol. The van der Waals surface area contributed by atoms with E-state index in [4.69, 9.17) is 0 Å². The fraction of sp³-hybridized carbons (Fsp3) is 0.444. The molecule has 0 unspecified atom stereocenters. The Morgan fingerprint density at radius 3 is 2.68 bits per heavy atom. The lowest BCUT2D eigenvalue weighted by molar-refractivity contribution is 0.0696. The molecule has 2 aliphatic heterocycles. The Morgan fingerprint density at radius 1 is 1.16 bits per heavy atom. The van der Waals surface area contributed by atoms with Gasteiger partial charge < -0.3 is 10.0 Å². The van der Waals surface area contributed by atoms with Gasteiger partial charge in [-0.15, -0.1) is 0 Å². The lowest BCUT2D eigenvalue weighted by Gasteiger charge is -2.50. The van der Waals surface area contributed by atoms with Crippen LogP contribution in [0.5, 0.6) is 0 Å². The number of halogens is 1. The highest BCUT2D eigenvalue weighted by Crippen LogP contribution is 2.57. The molecule has 4 heteroatoms. The van der Waals surface area contributed by atoms with E-state index in [-0.39, 0.29) is 0 Å². The van der Waals surface area contributed by atoms with Crippen LogP contribution in [0.25, 0.3) is 0 Å². The summed E-state index contributed by atoms with van der Waals surface area (Å²) in [4.78, 5) is 14.6. The van der Waals surface area contributed by atoms with Gasteiger partial charge in [-0.3, -0.25) is 0 Å². The van der Waals surface area contributed by atoms with E-state index >= 15 is 0 Å². The van der Waals surface area contributed by atoms with Crippen LogP contribution in [-0.4, -0.2) is 17.6 Å². The van der Waals surface area contributed by atoms with Gasteiger partial charge in [-0.1, -0.05) is 66.4 Å². The highest BCUT2D eigenvalue weighted by molar-refractivity contribution is 9.10. The minimum atomic E-state index is -0.808. The van der Waals surface area contributed by atoms with Gasteiger partial charge in [-0.2, -0.15) is 0 Å². The molecule has 1 N–H and O–H groups in total. The van der Waals surface area contributed by atoms with Crippen molar-refractivity contribution >= 4 is 27.6 Å². The summed E-state index contributed by atoms with van der Waals surface area (Å²) in [6.45, 7) is 3.29. The molecule has 2 aromatic rings. The average molecular weight is 480 g/mol. The topological polar surface area (TPSA) is 40.5 Å². The number of anilines is 1. The maximum Gasteiger partial charge on any atom is 0.335 e. The summed E-state index contributed by atoms with van der Waals surface area (Å²) in [6.07, 6.45) is 11.6. The third kappa shape index (κ3) is 3.63. The first-order chi connectivity index (χ1) is 15.1. The van der Waals surface area contributed by atoms with Gasteiger partial charge in [0.25, 0.3) is 0 Å². The molecule has 2 aromatic carbocycles. The standard InChI is InChI=1S/C27H30BrNO2/c1-2-3-4-6-17-13-14-29-25(18-9-11-20(28)12-10-18)22-8-5-7-21(22)24-16-19(27(30)31)15-23(17)26(24)29/h5,7,9-12,15-17,21-22,25H,2-4,6,8,13-14H2,1H3,(H,30,31)/t17-,21-,22+,25-/m1/s1. The Morgan fingerprint density at radius 2 is 1.94 bits per heavy atom.